The fourth-order valence-electron chi connectivity index (χ4n) is 3.20. The van der Waals surface area contributed by atoms with Crippen molar-refractivity contribution in [2.45, 2.75) is 26.2 Å². The maximum absolute atomic E-state index is 3.49. The second kappa shape index (κ2) is 3.34. The van der Waals surface area contributed by atoms with Crippen molar-refractivity contribution in [2.24, 2.45) is 11.3 Å². The summed E-state index contributed by atoms with van der Waals surface area (Å²) in [5, 5.41) is 3.49. The minimum atomic E-state index is 0.659. The summed E-state index contributed by atoms with van der Waals surface area (Å²) in [5.74, 6) is 0.935. The first kappa shape index (κ1) is 9.41. The second-order valence-corrected chi connectivity index (χ2v) is 5.19. The fourth-order valence-corrected chi connectivity index (χ4v) is 3.20. The molecule has 2 aliphatic carbocycles. The van der Waals surface area contributed by atoms with Gasteiger partial charge in [-0.3, -0.25) is 0 Å². The average molecular weight is 201 g/mol. The van der Waals surface area contributed by atoms with Crippen molar-refractivity contribution in [3.8, 4) is 0 Å². The Balaban J connectivity index is 1.70. The first-order chi connectivity index (χ1) is 7.34. The van der Waals surface area contributed by atoms with Gasteiger partial charge in [-0.05, 0) is 54.8 Å². The minimum absolute atomic E-state index is 0.659. The van der Waals surface area contributed by atoms with Crippen molar-refractivity contribution in [2.75, 3.05) is 13.1 Å². The summed E-state index contributed by atoms with van der Waals surface area (Å²) in [6.45, 7) is 4.53. The van der Waals surface area contributed by atoms with Crippen LogP contribution in [0.2, 0.25) is 0 Å². The van der Waals surface area contributed by atoms with Crippen LogP contribution in [0.1, 0.15) is 24.5 Å². The van der Waals surface area contributed by atoms with E-state index >= 15 is 0 Å². The third-order valence-corrected chi connectivity index (χ3v) is 4.20. The van der Waals surface area contributed by atoms with Crippen LogP contribution in [0.5, 0.6) is 0 Å². The smallest absolute Gasteiger partial charge is 0.00149 e. The summed E-state index contributed by atoms with van der Waals surface area (Å²) < 4.78 is 0. The molecule has 0 aromatic heterocycles. The number of nitrogens with one attached hydrogen (secondary N) is 1. The molecule has 0 radical (unpaired) electrons. The number of hydrogen-bond donors (Lipinski definition) is 1. The molecule has 0 saturated heterocycles. The zero-order valence-electron chi connectivity index (χ0n) is 9.42. The van der Waals surface area contributed by atoms with Crippen molar-refractivity contribution in [3.63, 3.8) is 0 Å². The van der Waals surface area contributed by atoms with E-state index in [1.807, 2.05) is 0 Å². The predicted octanol–water partition coefficient (Wildman–Crippen LogP) is 2.40. The summed E-state index contributed by atoms with van der Waals surface area (Å²) in [5.41, 5.74) is 3.87. The molecule has 1 saturated carbocycles. The van der Waals surface area contributed by atoms with Crippen LogP contribution in [0, 0.1) is 11.3 Å². The van der Waals surface area contributed by atoms with Crippen LogP contribution < -0.4 is 5.32 Å². The van der Waals surface area contributed by atoms with Crippen LogP contribution in [0.25, 0.3) is 0 Å². The van der Waals surface area contributed by atoms with Gasteiger partial charge in [0.2, 0.25) is 0 Å². The Hall–Kier alpha value is -0.820. The Morgan fingerprint density at radius 3 is 2.53 bits per heavy atom. The molecule has 1 nitrogen and oxygen atoms in total. The Morgan fingerprint density at radius 2 is 1.93 bits per heavy atom. The van der Waals surface area contributed by atoms with E-state index < -0.39 is 0 Å². The molecular weight excluding hydrogens is 182 g/mol. The molecule has 80 valence electrons. The highest BCUT2D eigenvalue weighted by Crippen LogP contribution is 2.60. The van der Waals surface area contributed by atoms with Gasteiger partial charge in [-0.25, -0.2) is 0 Å². The summed E-state index contributed by atoms with van der Waals surface area (Å²) >= 11 is 0. The molecule has 0 bridgehead atoms. The summed E-state index contributed by atoms with van der Waals surface area (Å²) in [6, 6.07) is 8.98. The molecular formula is C14H19N. The van der Waals surface area contributed by atoms with Gasteiger partial charge >= 0.3 is 0 Å². The molecule has 1 atom stereocenters. The zero-order valence-corrected chi connectivity index (χ0v) is 9.42. The lowest BCUT2D eigenvalue weighted by atomic mass is 10.00. The van der Waals surface area contributed by atoms with Crippen LogP contribution in [-0.2, 0) is 12.8 Å². The normalized spacial score (nSPS) is 25.5. The van der Waals surface area contributed by atoms with E-state index in [1.165, 1.54) is 25.8 Å². The molecule has 1 fully saturated rings. The van der Waals surface area contributed by atoms with E-state index in [2.05, 4.69) is 36.5 Å². The highest BCUT2D eigenvalue weighted by atomic mass is 14.9. The maximum atomic E-state index is 3.49. The van der Waals surface area contributed by atoms with Crippen molar-refractivity contribution < 1.29 is 0 Å². The monoisotopic (exact) mass is 201 g/mol. The van der Waals surface area contributed by atoms with Gasteiger partial charge in [0.05, 0.1) is 0 Å². The van der Waals surface area contributed by atoms with E-state index in [1.54, 1.807) is 11.1 Å². The molecule has 2 aliphatic rings. The van der Waals surface area contributed by atoms with E-state index in [-0.39, 0.29) is 0 Å². The van der Waals surface area contributed by atoms with Gasteiger partial charge in [0.1, 0.15) is 0 Å². The lowest BCUT2D eigenvalue weighted by Gasteiger charge is -2.08. The molecule has 1 spiro atoms. The Morgan fingerprint density at radius 1 is 1.27 bits per heavy atom. The van der Waals surface area contributed by atoms with Crippen LogP contribution in [0.15, 0.2) is 24.3 Å². The molecule has 1 N–H and O–H groups in total. The SMILES string of the molecule is CCNCC1CC12Cc1ccccc1C2. The van der Waals surface area contributed by atoms with E-state index in [0.29, 0.717) is 5.41 Å². The number of benzene rings is 1. The Kier molecular flexibility index (Phi) is 2.10. The van der Waals surface area contributed by atoms with Crippen LogP contribution in [-0.4, -0.2) is 13.1 Å². The van der Waals surface area contributed by atoms with Crippen LogP contribution in [0.4, 0.5) is 0 Å². The van der Waals surface area contributed by atoms with Crippen molar-refractivity contribution in [1.82, 2.24) is 5.32 Å². The first-order valence-electron chi connectivity index (χ1n) is 6.11. The zero-order chi connectivity index (χ0) is 10.3. The molecule has 1 unspecified atom stereocenters. The molecule has 1 heteroatoms. The summed E-state index contributed by atoms with van der Waals surface area (Å²) in [7, 11) is 0. The van der Waals surface area contributed by atoms with Gasteiger partial charge in [-0.1, -0.05) is 31.2 Å². The van der Waals surface area contributed by atoms with Gasteiger partial charge in [-0.2, -0.15) is 0 Å². The van der Waals surface area contributed by atoms with Gasteiger partial charge in [0.15, 0.2) is 0 Å². The van der Waals surface area contributed by atoms with E-state index in [0.717, 1.165) is 12.5 Å². The van der Waals surface area contributed by atoms with Gasteiger partial charge in [0.25, 0.3) is 0 Å². The molecule has 0 amide bonds. The second-order valence-electron chi connectivity index (χ2n) is 5.19. The Bertz CT molecular complexity index is 344. The van der Waals surface area contributed by atoms with Crippen LogP contribution in [0.3, 0.4) is 0 Å². The largest absolute Gasteiger partial charge is 0.317 e. The molecule has 1 aromatic rings. The number of hydrogen-bond acceptors (Lipinski definition) is 1. The van der Waals surface area contributed by atoms with Crippen molar-refractivity contribution >= 4 is 0 Å². The van der Waals surface area contributed by atoms with E-state index in [4.69, 9.17) is 0 Å². The number of rotatable bonds is 3. The third kappa shape index (κ3) is 1.50. The van der Waals surface area contributed by atoms with Crippen molar-refractivity contribution in [3.05, 3.63) is 35.4 Å². The maximum Gasteiger partial charge on any atom is -0.00149 e. The standard InChI is InChI=1S/C14H19N/c1-2-15-10-13-9-14(13)7-11-5-3-4-6-12(11)8-14/h3-6,13,15H,2,7-10H2,1H3. The van der Waals surface area contributed by atoms with Crippen LogP contribution >= 0.6 is 0 Å². The molecule has 0 aliphatic heterocycles. The topological polar surface area (TPSA) is 12.0 Å². The quantitative estimate of drug-likeness (QED) is 0.792. The van der Waals surface area contributed by atoms with E-state index in [9.17, 15) is 0 Å². The van der Waals surface area contributed by atoms with Gasteiger partial charge in [0, 0.05) is 0 Å². The first-order valence-corrected chi connectivity index (χ1v) is 6.11. The molecule has 3 rings (SSSR count). The lowest BCUT2D eigenvalue weighted by Crippen LogP contribution is -2.19. The lowest BCUT2D eigenvalue weighted by molar-refractivity contribution is 0.465. The molecule has 1 aromatic carbocycles. The molecule has 0 heterocycles. The Labute approximate surface area is 91.9 Å². The summed E-state index contributed by atoms with van der Waals surface area (Å²) in [4.78, 5) is 0. The van der Waals surface area contributed by atoms with Gasteiger partial charge in [-0.15, -0.1) is 0 Å². The third-order valence-electron chi connectivity index (χ3n) is 4.20. The average Bonchev–Trinajstić information content (AvgIpc) is 2.75. The highest BCUT2D eigenvalue weighted by Gasteiger charge is 2.55. The minimum Gasteiger partial charge on any atom is -0.317 e. The summed E-state index contributed by atoms with van der Waals surface area (Å²) in [6.07, 6.45) is 4.10. The molecule has 15 heavy (non-hydrogen) atoms. The predicted molar refractivity (Wildman–Crippen MR) is 62.9 cm³/mol. The van der Waals surface area contributed by atoms with Gasteiger partial charge < -0.3 is 5.32 Å². The van der Waals surface area contributed by atoms with Crippen molar-refractivity contribution in [1.29, 1.82) is 0 Å². The highest BCUT2D eigenvalue weighted by molar-refractivity contribution is 5.37. The fraction of sp³-hybridized carbons (Fsp3) is 0.571. The number of fused-ring (bicyclic) bond motifs is 1.